The van der Waals surface area contributed by atoms with Crippen LogP contribution in [0.2, 0.25) is 0 Å². The molecule has 2 amide bonds. The number of hydrogen-bond donors (Lipinski definition) is 2. The third-order valence-corrected chi connectivity index (χ3v) is 7.27. The lowest BCUT2D eigenvalue weighted by Gasteiger charge is -2.36. The van der Waals surface area contributed by atoms with E-state index < -0.39 is 0 Å². The number of thioether (sulfide) groups is 1. The molecule has 2 N–H and O–H groups in total. The van der Waals surface area contributed by atoms with E-state index in [9.17, 15) is 9.59 Å². The molecule has 38 heavy (non-hydrogen) atoms. The second-order valence-electron chi connectivity index (χ2n) is 8.70. The molecule has 1 fully saturated rings. The number of nitrogens with zero attached hydrogens (tertiary/aromatic N) is 4. The van der Waals surface area contributed by atoms with Gasteiger partial charge in [0.2, 0.25) is 12.2 Å². The third kappa shape index (κ3) is 5.81. The van der Waals surface area contributed by atoms with Gasteiger partial charge in [-0.1, -0.05) is 30.3 Å². The molecule has 5 rings (SSSR count). The maximum atomic E-state index is 13.0. The smallest absolute Gasteiger partial charge is 0.385 e. The fourth-order valence-electron chi connectivity index (χ4n) is 4.36. The topological polar surface area (TPSA) is 94.4 Å². The molecule has 1 aliphatic heterocycles. The number of ether oxygens (including phenoxy) is 1. The molecule has 0 radical (unpaired) electrons. The summed E-state index contributed by atoms with van der Waals surface area (Å²) in [4.78, 5) is 34.0. The molecule has 1 aromatic heterocycles. The Hall–Kier alpha value is -4.31. The van der Waals surface area contributed by atoms with E-state index in [-0.39, 0.29) is 17.6 Å². The van der Waals surface area contributed by atoms with Gasteiger partial charge in [0.15, 0.2) is 5.69 Å². The standard InChI is InChI=1S/C28H28N6O3S/c1-37-25-10-6-5-9-24(25)27(36)33-17-15-32(16-18-33)22-13-11-21(12-14-22)31-26(35)19-38-28-29-20-30-34(28)23-7-3-2-4-8-23/h2-14,20H,15-19H2,1H3,(H,31,35)/p+1. The molecule has 4 aromatic rings. The number of aromatic amines is 1. The monoisotopic (exact) mass is 529 g/mol. The van der Waals surface area contributed by atoms with Crippen molar-refractivity contribution < 1.29 is 19.0 Å². The summed E-state index contributed by atoms with van der Waals surface area (Å²) in [5.41, 5.74) is 3.34. The number of benzene rings is 3. The Balaban J connectivity index is 1.12. The van der Waals surface area contributed by atoms with Crippen LogP contribution in [0, 0.1) is 0 Å². The van der Waals surface area contributed by atoms with Gasteiger partial charge >= 0.3 is 5.16 Å². The van der Waals surface area contributed by atoms with E-state index in [2.05, 4.69) is 20.3 Å². The van der Waals surface area contributed by atoms with Crippen molar-refractivity contribution >= 4 is 35.0 Å². The number of aromatic nitrogens is 3. The van der Waals surface area contributed by atoms with Crippen LogP contribution in [0.1, 0.15) is 10.4 Å². The highest BCUT2D eigenvalue weighted by molar-refractivity contribution is 7.99. The Morgan fingerprint density at radius 2 is 1.68 bits per heavy atom. The van der Waals surface area contributed by atoms with Crippen molar-refractivity contribution in [3.63, 3.8) is 0 Å². The second-order valence-corrected chi connectivity index (χ2v) is 9.65. The van der Waals surface area contributed by atoms with E-state index in [1.807, 2.05) is 76.3 Å². The van der Waals surface area contributed by atoms with Gasteiger partial charge in [0.05, 0.1) is 18.4 Å². The Labute approximate surface area is 225 Å². The molecular formula is C28H29N6O3S+. The van der Waals surface area contributed by atoms with Crippen molar-refractivity contribution in [3.8, 4) is 11.4 Å². The molecule has 194 valence electrons. The molecule has 1 saturated heterocycles. The minimum Gasteiger partial charge on any atom is -0.496 e. The van der Waals surface area contributed by atoms with Crippen LogP contribution >= 0.6 is 11.8 Å². The predicted octanol–water partition coefficient (Wildman–Crippen LogP) is 3.39. The highest BCUT2D eigenvalue weighted by Gasteiger charge is 2.24. The first-order chi connectivity index (χ1) is 18.6. The van der Waals surface area contributed by atoms with Crippen molar-refractivity contribution in [2.75, 3.05) is 49.3 Å². The first kappa shape index (κ1) is 25.3. The molecule has 0 bridgehead atoms. The molecular weight excluding hydrogens is 500 g/mol. The largest absolute Gasteiger partial charge is 0.496 e. The lowest BCUT2D eigenvalue weighted by molar-refractivity contribution is -0.694. The highest BCUT2D eigenvalue weighted by Crippen LogP contribution is 2.23. The summed E-state index contributed by atoms with van der Waals surface area (Å²) in [6.45, 7) is 2.72. The van der Waals surface area contributed by atoms with Gasteiger partial charge in [-0.05, 0) is 65.3 Å². The quantitative estimate of drug-likeness (QED) is 0.269. The fourth-order valence-corrected chi connectivity index (χ4v) is 5.11. The fraction of sp³-hybridized carbons (Fsp3) is 0.214. The molecule has 10 heteroatoms. The van der Waals surface area contributed by atoms with Crippen molar-refractivity contribution in [3.05, 3.63) is 90.8 Å². The number of nitrogens with one attached hydrogen (secondary N) is 2. The zero-order chi connectivity index (χ0) is 26.3. The number of carbonyl (C=O) groups is 2. The Bertz CT molecular complexity index is 1390. The normalized spacial score (nSPS) is 13.3. The minimum absolute atomic E-state index is 0.0119. The number of piperazine rings is 1. The van der Waals surface area contributed by atoms with Gasteiger partial charge in [0, 0.05) is 37.6 Å². The van der Waals surface area contributed by atoms with Gasteiger partial charge in [-0.3, -0.25) is 9.59 Å². The average Bonchev–Trinajstić information content (AvgIpc) is 3.45. The molecule has 0 saturated carbocycles. The number of para-hydroxylation sites is 2. The zero-order valence-electron chi connectivity index (χ0n) is 21.0. The van der Waals surface area contributed by atoms with E-state index in [4.69, 9.17) is 4.74 Å². The number of carbonyl (C=O) groups excluding carboxylic acids is 2. The summed E-state index contributed by atoms with van der Waals surface area (Å²) in [5.74, 6) is 0.716. The Morgan fingerprint density at radius 3 is 2.42 bits per heavy atom. The van der Waals surface area contributed by atoms with Gasteiger partial charge in [0.25, 0.3) is 5.91 Å². The third-order valence-electron chi connectivity index (χ3n) is 6.32. The zero-order valence-corrected chi connectivity index (χ0v) is 21.9. The number of methoxy groups -OCH3 is 1. The van der Waals surface area contributed by atoms with Crippen molar-refractivity contribution in [2.24, 2.45) is 0 Å². The number of hydrogen-bond acceptors (Lipinski definition) is 6. The van der Waals surface area contributed by atoms with Crippen LogP contribution in [-0.2, 0) is 4.79 Å². The number of H-pyrrole nitrogens is 1. The summed E-state index contributed by atoms with van der Waals surface area (Å²) < 4.78 is 7.19. The summed E-state index contributed by atoms with van der Waals surface area (Å²) in [7, 11) is 1.58. The van der Waals surface area contributed by atoms with E-state index >= 15 is 0 Å². The summed E-state index contributed by atoms with van der Waals surface area (Å²) in [5, 5.41) is 6.74. The van der Waals surface area contributed by atoms with Crippen LogP contribution in [0.25, 0.3) is 5.69 Å². The minimum atomic E-state index is -0.103. The second kappa shape index (κ2) is 11.8. The maximum Gasteiger partial charge on any atom is 0.385 e. The van der Waals surface area contributed by atoms with E-state index in [1.54, 1.807) is 25.6 Å². The molecule has 0 aliphatic carbocycles. The summed E-state index contributed by atoms with van der Waals surface area (Å²) in [6.07, 6.45) is 1.61. The molecule has 9 nitrogen and oxygen atoms in total. The van der Waals surface area contributed by atoms with Crippen molar-refractivity contribution in [2.45, 2.75) is 5.16 Å². The number of rotatable bonds is 8. The molecule has 0 atom stereocenters. The number of anilines is 2. The van der Waals surface area contributed by atoms with Gasteiger partial charge in [0.1, 0.15) is 5.75 Å². The molecule has 3 aromatic carbocycles. The summed E-state index contributed by atoms with van der Waals surface area (Å²) >= 11 is 1.37. The van der Waals surface area contributed by atoms with Crippen molar-refractivity contribution in [1.29, 1.82) is 0 Å². The first-order valence-electron chi connectivity index (χ1n) is 12.3. The van der Waals surface area contributed by atoms with Gasteiger partial charge < -0.3 is 19.9 Å². The first-order valence-corrected chi connectivity index (χ1v) is 13.3. The highest BCUT2D eigenvalue weighted by atomic mass is 32.2. The van der Waals surface area contributed by atoms with Gasteiger partial charge in [-0.2, -0.15) is 5.10 Å². The Kier molecular flexibility index (Phi) is 7.89. The molecule has 0 unspecified atom stereocenters. The van der Waals surface area contributed by atoms with Crippen LogP contribution in [0.3, 0.4) is 0 Å². The van der Waals surface area contributed by atoms with Crippen LogP contribution in [-0.4, -0.2) is 65.8 Å². The van der Waals surface area contributed by atoms with Gasteiger partial charge in [-0.25, -0.2) is 0 Å². The van der Waals surface area contributed by atoms with Crippen LogP contribution in [0.5, 0.6) is 5.75 Å². The van der Waals surface area contributed by atoms with E-state index in [0.29, 0.717) is 29.6 Å². The van der Waals surface area contributed by atoms with Crippen LogP contribution in [0.15, 0.2) is 90.3 Å². The van der Waals surface area contributed by atoms with E-state index in [0.717, 1.165) is 30.2 Å². The summed E-state index contributed by atoms with van der Waals surface area (Å²) in [6, 6.07) is 24.9. The van der Waals surface area contributed by atoms with Crippen LogP contribution < -0.4 is 19.6 Å². The lowest BCUT2D eigenvalue weighted by Crippen LogP contribution is -2.48. The lowest BCUT2D eigenvalue weighted by atomic mass is 10.1. The average molecular weight is 530 g/mol. The SMILES string of the molecule is COc1ccccc1C(=O)N1CCN(c2ccc(NC(=O)CSc3nc[nH][n+]3-c3ccccc3)cc2)CC1. The molecule has 2 heterocycles. The van der Waals surface area contributed by atoms with E-state index in [1.165, 1.54) is 11.8 Å². The number of amides is 2. The van der Waals surface area contributed by atoms with Crippen LogP contribution in [0.4, 0.5) is 11.4 Å². The van der Waals surface area contributed by atoms with Gasteiger partial charge in [-0.15, -0.1) is 4.68 Å². The maximum absolute atomic E-state index is 13.0. The molecule has 0 spiro atoms. The Morgan fingerprint density at radius 1 is 0.974 bits per heavy atom. The molecule has 1 aliphatic rings. The predicted molar refractivity (Wildman–Crippen MR) is 147 cm³/mol. The van der Waals surface area contributed by atoms with Crippen molar-refractivity contribution in [1.82, 2.24) is 15.0 Å².